The van der Waals surface area contributed by atoms with Gasteiger partial charge >= 0.3 is 0 Å². The molecule has 0 aliphatic carbocycles. The van der Waals surface area contributed by atoms with Gasteiger partial charge in [0.2, 0.25) is 5.91 Å². The van der Waals surface area contributed by atoms with Crippen molar-refractivity contribution in [1.29, 1.82) is 0 Å². The number of rotatable bonds is 1. The van der Waals surface area contributed by atoms with Gasteiger partial charge in [-0.25, -0.2) is 0 Å². The van der Waals surface area contributed by atoms with E-state index in [1.165, 1.54) is 0 Å². The summed E-state index contributed by atoms with van der Waals surface area (Å²) in [6, 6.07) is 4.78. The number of piperazine rings is 1. The molecule has 0 saturated carbocycles. The van der Waals surface area contributed by atoms with Crippen LogP contribution in [0.4, 0.5) is 0 Å². The summed E-state index contributed by atoms with van der Waals surface area (Å²) in [4.78, 5) is 25.7. The predicted molar refractivity (Wildman–Crippen MR) is 78.7 cm³/mol. The minimum Gasteiger partial charge on any atom is -0.384 e. The number of carbonyl (C=O) groups excluding carboxylic acids is 2. The first-order valence-electron chi connectivity index (χ1n) is 6.83. The SMILES string of the molecule is Cc1cc(C(=O)N2CCNC(=O)C2C)ccc1C#CCO. The maximum atomic E-state index is 12.5. The van der Waals surface area contributed by atoms with Gasteiger partial charge in [0.15, 0.2) is 0 Å². The molecule has 0 radical (unpaired) electrons. The van der Waals surface area contributed by atoms with Gasteiger partial charge in [-0.2, -0.15) is 0 Å². The minimum atomic E-state index is -0.458. The number of aliphatic hydroxyl groups excluding tert-OH is 1. The van der Waals surface area contributed by atoms with E-state index in [1.807, 2.05) is 6.92 Å². The zero-order valence-electron chi connectivity index (χ0n) is 12.1. The van der Waals surface area contributed by atoms with E-state index >= 15 is 0 Å². The number of amides is 2. The average molecular weight is 286 g/mol. The Kier molecular flexibility index (Phi) is 4.61. The van der Waals surface area contributed by atoms with Crippen LogP contribution in [0.3, 0.4) is 0 Å². The zero-order chi connectivity index (χ0) is 15.4. The molecule has 1 aromatic carbocycles. The Morgan fingerprint density at radius 3 is 2.95 bits per heavy atom. The van der Waals surface area contributed by atoms with E-state index in [-0.39, 0.29) is 18.4 Å². The van der Waals surface area contributed by atoms with Crippen molar-refractivity contribution in [2.75, 3.05) is 19.7 Å². The van der Waals surface area contributed by atoms with Gasteiger partial charge in [-0.1, -0.05) is 11.8 Å². The second-order valence-electron chi connectivity index (χ2n) is 4.96. The van der Waals surface area contributed by atoms with E-state index in [0.29, 0.717) is 18.7 Å². The molecule has 1 aliphatic rings. The summed E-state index contributed by atoms with van der Waals surface area (Å²) in [5, 5.41) is 11.5. The molecule has 2 N–H and O–H groups in total. The highest BCUT2D eigenvalue weighted by Crippen LogP contribution is 2.15. The second kappa shape index (κ2) is 6.42. The Morgan fingerprint density at radius 2 is 2.29 bits per heavy atom. The third kappa shape index (κ3) is 3.23. The summed E-state index contributed by atoms with van der Waals surface area (Å²) >= 11 is 0. The fraction of sp³-hybridized carbons (Fsp3) is 0.375. The van der Waals surface area contributed by atoms with E-state index in [0.717, 1.165) is 11.1 Å². The van der Waals surface area contributed by atoms with Gasteiger partial charge in [0.1, 0.15) is 12.6 Å². The maximum absolute atomic E-state index is 12.5. The average Bonchev–Trinajstić information content (AvgIpc) is 2.48. The molecule has 1 unspecified atom stereocenters. The molecular weight excluding hydrogens is 268 g/mol. The zero-order valence-corrected chi connectivity index (χ0v) is 12.1. The summed E-state index contributed by atoms with van der Waals surface area (Å²) < 4.78 is 0. The number of hydrogen-bond acceptors (Lipinski definition) is 3. The fourth-order valence-electron chi connectivity index (χ4n) is 2.30. The van der Waals surface area contributed by atoms with Gasteiger partial charge in [0.05, 0.1) is 0 Å². The molecule has 5 nitrogen and oxygen atoms in total. The molecule has 1 aromatic rings. The number of carbonyl (C=O) groups is 2. The van der Waals surface area contributed by atoms with Crippen LogP contribution in [0.1, 0.15) is 28.4 Å². The number of hydrogen-bond donors (Lipinski definition) is 2. The van der Waals surface area contributed by atoms with Crippen molar-refractivity contribution in [3.05, 3.63) is 34.9 Å². The number of aliphatic hydroxyl groups is 1. The maximum Gasteiger partial charge on any atom is 0.254 e. The van der Waals surface area contributed by atoms with Crippen LogP contribution in [0.15, 0.2) is 18.2 Å². The van der Waals surface area contributed by atoms with Crippen molar-refractivity contribution in [2.24, 2.45) is 0 Å². The fourth-order valence-corrected chi connectivity index (χ4v) is 2.30. The molecule has 0 aromatic heterocycles. The standard InChI is InChI=1S/C16H18N2O3/c1-11-10-14(6-5-13(11)4-3-9-19)16(21)18-8-7-17-15(20)12(18)2/h5-6,10,12,19H,7-9H2,1-2H3,(H,17,20). The van der Waals surface area contributed by atoms with Crippen LogP contribution in [0.25, 0.3) is 0 Å². The summed E-state index contributed by atoms with van der Waals surface area (Å²) in [7, 11) is 0. The lowest BCUT2D eigenvalue weighted by Gasteiger charge is -2.32. The van der Waals surface area contributed by atoms with Crippen LogP contribution in [0, 0.1) is 18.8 Å². The van der Waals surface area contributed by atoms with Crippen LogP contribution < -0.4 is 5.32 Å². The Morgan fingerprint density at radius 1 is 1.52 bits per heavy atom. The first kappa shape index (κ1) is 15.1. The summed E-state index contributed by atoms with van der Waals surface area (Å²) in [6.45, 7) is 4.39. The molecule has 1 saturated heterocycles. The third-order valence-corrected chi connectivity index (χ3v) is 3.54. The number of aryl methyl sites for hydroxylation is 1. The molecule has 5 heteroatoms. The number of nitrogens with zero attached hydrogens (tertiary/aromatic N) is 1. The first-order chi connectivity index (χ1) is 10.0. The quantitative estimate of drug-likeness (QED) is 0.730. The predicted octanol–water partition coefficient (Wildman–Crippen LogP) is 0.299. The van der Waals surface area contributed by atoms with Gasteiger partial charge in [0.25, 0.3) is 5.91 Å². The lowest BCUT2D eigenvalue weighted by molar-refractivity contribution is -0.127. The van der Waals surface area contributed by atoms with Crippen molar-refractivity contribution >= 4 is 11.8 Å². The lowest BCUT2D eigenvalue weighted by Crippen LogP contribution is -2.55. The number of benzene rings is 1. The molecule has 2 rings (SSSR count). The van der Waals surface area contributed by atoms with E-state index in [9.17, 15) is 9.59 Å². The number of nitrogens with one attached hydrogen (secondary N) is 1. The molecule has 21 heavy (non-hydrogen) atoms. The smallest absolute Gasteiger partial charge is 0.254 e. The topological polar surface area (TPSA) is 69.6 Å². The van der Waals surface area contributed by atoms with Crippen molar-refractivity contribution in [3.63, 3.8) is 0 Å². The van der Waals surface area contributed by atoms with Gasteiger partial charge < -0.3 is 15.3 Å². The molecule has 1 atom stereocenters. The summed E-state index contributed by atoms with van der Waals surface area (Å²) in [6.07, 6.45) is 0. The van der Waals surface area contributed by atoms with Crippen molar-refractivity contribution in [3.8, 4) is 11.8 Å². The van der Waals surface area contributed by atoms with E-state index < -0.39 is 6.04 Å². The van der Waals surface area contributed by atoms with Crippen LogP contribution in [-0.4, -0.2) is 47.6 Å². The van der Waals surface area contributed by atoms with Gasteiger partial charge in [-0.3, -0.25) is 9.59 Å². The highest BCUT2D eigenvalue weighted by molar-refractivity contribution is 5.98. The summed E-state index contributed by atoms with van der Waals surface area (Å²) in [5.74, 6) is 5.14. The van der Waals surface area contributed by atoms with Crippen LogP contribution in [-0.2, 0) is 4.79 Å². The molecule has 0 bridgehead atoms. The molecular formula is C16H18N2O3. The van der Waals surface area contributed by atoms with Gasteiger partial charge in [0, 0.05) is 24.2 Å². The molecule has 1 heterocycles. The largest absolute Gasteiger partial charge is 0.384 e. The van der Waals surface area contributed by atoms with Crippen LogP contribution in [0.5, 0.6) is 0 Å². The second-order valence-corrected chi connectivity index (χ2v) is 4.96. The first-order valence-corrected chi connectivity index (χ1v) is 6.83. The monoisotopic (exact) mass is 286 g/mol. The van der Waals surface area contributed by atoms with Crippen LogP contribution >= 0.6 is 0 Å². The Bertz CT molecular complexity index is 628. The normalized spacial score (nSPS) is 17.8. The Balaban J connectivity index is 2.23. The highest BCUT2D eigenvalue weighted by Gasteiger charge is 2.29. The van der Waals surface area contributed by atoms with Crippen molar-refractivity contribution < 1.29 is 14.7 Å². The van der Waals surface area contributed by atoms with E-state index in [4.69, 9.17) is 5.11 Å². The third-order valence-electron chi connectivity index (χ3n) is 3.54. The molecule has 110 valence electrons. The van der Waals surface area contributed by atoms with Gasteiger partial charge in [-0.15, -0.1) is 0 Å². The Hall–Kier alpha value is -2.32. The molecule has 1 fully saturated rings. The van der Waals surface area contributed by atoms with E-state index in [1.54, 1.807) is 30.0 Å². The molecule has 2 amide bonds. The molecule has 0 spiro atoms. The minimum absolute atomic E-state index is 0.128. The van der Waals surface area contributed by atoms with Gasteiger partial charge in [-0.05, 0) is 37.6 Å². The van der Waals surface area contributed by atoms with Crippen molar-refractivity contribution in [1.82, 2.24) is 10.2 Å². The van der Waals surface area contributed by atoms with Crippen molar-refractivity contribution in [2.45, 2.75) is 19.9 Å². The Labute approximate surface area is 124 Å². The van der Waals surface area contributed by atoms with Crippen LogP contribution in [0.2, 0.25) is 0 Å². The summed E-state index contributed by atoms with van der Waals surface area (Å²) in [5.41, 5.74) is 2.20. The lowest BCUT2D eigenvalue weighted by atomic mass is 10.0. The molecule has 1 aliphatic heterocycles. The highest BCUT2D eigenvalue weighted by atomic mass is 16.2. The van der Waals surface area contributed by atoms with E-state index in [2.05, 4.69) is 17.2 Å².